The van der Waals surface area contributed by atoms with E-state index in [-0.39, 0.29) is 6.03 Å². The smallest absolute Gasteiger partial charge is 0.323 e. The van der Waals surface area contributed by atoms with Crippen LogP contribution in [0.1, 0.15) is 19.8 Å². The molecule has 3 heteroatoms. The maximum atomic E-state index is 11.4. The summed E-state index contributed by atoms with van der Waals surface area (Å²) in [5, 5.41) is 0. The van der Waals surface area contributed by atoms with E-state index in [1.807, 2.05) is 4.90 Å². The third-order valence-electron chi connectivity index (χ3n) is 2.13. The number of urea groups is 1. The Hall–Kier alpha value is -0.990. The molecule has 0 atom stereocenters. The zero-order chi connectivity index (χ0) is 8.97. The molecule has 1 aliphatic heterocycles. The van der Waals surface area contributed by atoms with Crippen LogP contribution in [0.5, 0.6) is 0 Å². The maximum Gasteiger partial charge on any atom is 0.324 e. The minimum atomic E-state index is 0.110. The molecule has 1 fully saturated rings. The summed E-state index contributed by atoms with van der Waals surface area (Å²) in [6, 6.07) is 0.110. The highest BCUT2D eigenvalue weighted by Gasteiger charge is 2.25. The average Bonchev–Trinajstić information content (AvgIpc) is 2.43. The van der Waals surface area contributed by atoms with Crippen LogP contribution < -0.4 is 0 Å². The van der Waals surface area contributed by atoms with Crippen molar-refractivity contribution in [3.8, 4) is 0 Å². The third-order valence-corrected chi connectivity index (χ3v) is 2.13. The lowest BCUT2D eigenvalue weighted by Crippen LogP contribution is -2.29. The SMILES string of the molecule is C=CN1CCN(CCCC)C1=O. The molecule has 12 heavy (non-hydrogen) atoms. The normalized spacial score (nSPS) is 17.2. The molecule has 68 valence electrons. The number of rotatable bonds is 4. The largest absolute Gasteiger partial charge is 0.324 e. The molecule has 2 amide bonds. The van der Waals surface area contributed by atoms with Crippen molar-refractivity contribution in [1.82, 2.24) is 9.80 Å². The highest BCUT2D eigenvalue weighted by atomic mass is 16.2. The molecular weight excluding hydrogens is 152 g/mol. The standard InChI is InChI=1S/C9H16N2O/c1-3-5-6-11-8-7-10(4-2)9(11)12/h4H,2-3,5-8H2,1H3. The van der Waals surface area contributed by atoms with Crippen molar-refractivity contribution < 1.29 is 4.79 Å². The Bertz CT molecular complexity index is 179. The maximum absolute atomic E-state index is 11.4. The highest BCUT2D eigenvalue weighted by Crippen LogP contribution is 2.09. The van der Waals surface area contributed by atoms with E-state index in [1.165, 1.54) is 0 Å². The monoisotopic (exact) mass is 168 g/mol. The molecular formula is C9H16N2O. The van der Waals surface area contributed by atoms with E-state index in [0.29, 0.717) is 0 Å². The Morgan fingerprint density at radius 3 is 2.83 bits per heavy atom. The predicted octanol–water partition coefficient (Wildman–Crippen LogP) is 1.67. The quantitative estimate of drug-likeness (QED) is 0.626. The van der Waals surface area contributed by atoms with E-state index < -0.39 is 0 Å². The second-order valence-electron chi connectivity index (χ2n) is 3.00. The molecule has 3 nitrogen and oxygen atoms in total. The Morgan fingerprint density at radius 2 is 2.33 bits per heavy atom. The molecule has 0 spiro atoms. The molecule has 0 bridgehead atoms. The fourth-order valence-corrected chi connectivity index (χ4v) is 1.33. The van der Waals surface area contributed by atoms with Crippen LogP contribution in [0.3, 0.4) is 0 Å². The number of hydrogen-bond donors (Lipinski definition) is 0. The molecule has 1 aliphatic rings. The Morgan fingerprint density at radius 1 is 1.58 bits per heavy atom. The van der Waals surface area contributed by atoms with E-state index in [9.17, 15) is 4.79 Å². The fourth-order valence-electron chi connectivity index (χ4n) is 1.33. The van der Waals surface area contributed by atoms with Crippen molar-refractivity contribution in [3.05, 3.63) is 12.8 Å². The summed E-state index contributed by atoms with van der Waals surface area (Å²) in [4.78, 5) is 15.0. The minimum absolute atomic E-state index is 0.110. The van der Waals surface area contributed by atoms with Crippen LogP contribution in [-0.4, -0.2) is 35.5 Å². The second-order valence-corrected chi connectivity index (χ2v) is 3.00. The molecule has 0 aliphatic carbocycles. The van der Waals surface area contributed by atoms with Gasteiger partial charge < -0.3 is 4.90 Å². The summed E-state index contributed by atoms with van der Waals surface area (Å²) in [5.41, 5.74) is 0. The fraction of sp³-hybridized carbons (Fsp3) is 0.667. The molecule has 0 aromatic carbocycles. The average molecular weight is 168 g/mol. The summed E-state index contributed by atoms with van der Waals surface area (Å²) in [7, 11) is 0. The summed E-state index contributed by atoms with van der Waals surface area (Å²) in [6.45, 7) is 8.26. The first kappa shape index (κ1) is 9.10. The Kier molecular flexibility index (Phi) is 3.14. The van der Waals surface area contributed by atoms with Crippen molar-refractivity contribution in [3.63, 3.8) is 0 Å². The lowest BCUT2D eigenvalue weighted by Gasteiger charge is -2.14. The van der Waals surface area contributed by atoms with E-state index in [4.69, 9.17) is 0 Å². The number of amides is 2. The lowest BCUT2D eigenvalue weighted by atomic mass is 10.3. The highest BCUT2D eigenvalue weighted by molar-refractivity contribution is 5.77. The van der Waals surface area contributed by atoms with E-state index in [2.05, 4.69) is 13.5 Å². The first-order valence-corrected chi connectivity index (χ1v) is 4.47. The van der Waals surface area contributed by atoms with E-state index >= 15 is 0 Å². The van der Waals surface area contributed by atoms with Gasteiger partial charge in [0.15, 0.2) is 0 Å². The van der Waals surface area contributed by atoms with Gasteiger partial charge in [0.2, 0.25) is 0 Å². The first-order chi connectivity index (χ1) is 5.79. The van der Waals surface area contributed by atoms with Crippen LogP contribution in [0, 0.1) is 0 Å². The Balaban J connectivity index is 2.38. The van der Waals surface area contributed by atoms with Gasteiger partial charge in [0.1, 0.15) is 0 Å². The van der Waals surface area contributed by atoms with Gasteiger partial charge in [-0.2, -0.15) is 0 Å². The molecule has 1 heterocycles. The van der Waals surface area contributed by atoms with Crippen molar-refractivity contribution >= 4 is 6.03 Å². The van der Waals surface area contributed by atoms with Gasteiger partial charge in [-0.15, -0.1) is 0 Å². The molecule has 0 aromatic rings. The van der Waals surface area contributed by atoms with Gasteiger partial charge in [-0.1, -0.05) is 19.9 Å². The summed E-state index contributed by atoms with van der Waals surface area (Å²) >= 11 is 0. The van der Waals surface area contributed by atoms with Crippen LogP contribution in [0.15, 0.2) is 12.8 Å². The van der Waals surface area contributed by atoms with Gasteiger partial charge in [-0.05, 0) is 6.42 Å². The van der Waals surface area contributed by atoms with Crippen molar-refractivity contribution in [2.24, 2.45) is 0 Å². The number of hydrogen-bond acceptors (Lipinski definition) is 1. The van der Waals surface area contributed by atoms with Gasteiger partial charge in [0.05, 0.1) is 0 Å². The lowest BCUT2D eigenvalue weighted by molar-refractivity contribution is 0.202. The van der Waals surface area contributed by atoms with Gasteiger partial charge in [0, 0.05) is 25.8 Å². The van der Waals surface area contributed by atoms with Crippen molar-refractivity contribution in [2.75, 3.05) is 19.6 Å². The van der Waals surface area contributed by atoms with Gasteiger partial charge in [-0.25, -0.2) is 4.79 Å². The van der Waals surface area contributed by atoms with Gasteiger partial charge >= 0.3 is 6.03 Å². The van der Waals surface area contributed by atoms with Crippen molar-refractivity contribution in [2.45, 2.75) is 19.8 Å². The molecule has 0 radical (unpaired) electrons. The van der Waals surface area contributed by atoms with Crippen molar-refractivity contribution in [1.29, 1.82) is 0 Å². The molecule has 1 saturated heterocycles. The third kappa shape index (κ3) is 1.78. The van der Waals surface area contributed by atoms with Crippen LogP contribution in [0.4, 0.5) is 4.79 Å². The van der Waals surface area contributed by atoms with E-state index in [0.717, 1.165) is 32.5 Å². The molecule has 0 aromatic heterocycles. The minimum Gasteiger partial charge on any atom is -0.323 e. The summed E-state index contributed by atoms with van der Waals surface area (Å²) < 4.78 is 0. The van der Waals surface area contributed by atoms with Crippen LogP contribution in [-0.2, 0) is 0 Å². The topological polar surface area (TPSA) is 23.6 Å². The van der Waals surface area contributed by atoms with Crippen LogP contribution in [0.2, 0.25) is 0 Å². The zero-order valence-electron chi connectivity index (χ0n) is 7.62. The molecule has 0 N–H and O–H groups in total. The number of unbranched alkanes of at least 4 members (excludes halogenated alkanes) is 1. The first-order valence-electron chi connectivity index (χ1n) is 4.47. The number of nitrogens with zero attached hydrogens (tertiary/aromatic N) is 2. The van der Waals surface area contributed by atoms with E-state index in [1.54, 1.807) is 11.1 Å². The second kappa shape index (κ2) is 4.14. The molecule has 0 unspecified atom stereocenters. The summed E-state index contributed by atoms with van der Waals surface area (Å²) in [6.07, 6.45) is 3.84. The Labute approximate surface area is 73.6 Å². The zero-order valence-corrected chi connectivity index (χ0v) is 7.62. The summed E-state index contributed by atoms with van der Waals surface area (Å²) in [5.74, 6) is 0. The van der Waals surface area contributed by atoms with Crippen LogP contribution >= 0.6 is 0 Å². The molecule has 0 saturated carbocycles. The van der Waals surface area contributed by atoms with Crippen LogP contribution in [0.25, 0.3) is 0 Å². The predicted molar refractivity (Wildman–Crippen MR) is 48.8 cm³/mol. The number of carbonyl (C=O) groups excluding carboxylic acids is 1. The van der Waals surface area contributed by atoms with Gasteiger partial charge in [0.25, 0.3) is 0 Å². The number of carbonyl (C=O) groups is 1. The van der Waals surface area contributed by atoms with Gasteiger partial charge in [-0.3, -0.25) is 4.90 Å². The molecule has 1 rings (SSSR count).